The molecule has 1 saturated heterocycles. The standard InChI is InChI=1S/C19H25N3.C2H5F.CH3F.CH3NO/c1-14-6-4-5-7-18(14)16-12-19(15(2)20-13-16)21-17-8-10-22(3)11-9-17;1-2-3;1-2;2-1-3/h4-7,12-13,17,21H,8-11H2,1-3H3;2H2,1H3;1H3;1H,(H2,2,3). The van der Waals surface area contributed by atoms with Crippen LogP contribution in [0.1, 0.15) is 31.0 Å². The van der Waals surface area contributed by atoms with Crippen molar-refractivity contribution in [3.8, 4) is 11.1 Å². The maximum absolute atomic E-state index is 10.3. The molecule has 1 aliphatic heterocycles. The minimum Gasteiger partial charge on any atom is -0.381 e. The summed E-state index contributed by atoms with van der Waals surface area (Å²) in [5, 5.41) is 3.71. The monoisotopic (exact) mass is 422 g/mol. The lowest BCUT2D eigenvalue weighted by molar-refractivity contribution is -0.106. The lowest BCUT2D eigenvalue weighted by atomic mass is 10.0. The van der Waals surface area contributed by atoms with Gasteiger partial charge >= 0.3 is 0 Å². The normalized spacial score (nSPS) is 13.4. The molecule has 0 saturated carbocycles. The fourth-order valence-corrected chi connectivity index (χ4v) is 3.10. The van der Waals surface area contributed by atoms with E-state index in [1.54, 1.807) is 0 Å². The fourth-order valence-electron chi connectivity index (χ4n) is 3.10. The maximum atomic E-state index is 10.3. The van der Waals surface area contributed by atoms with Crippen LogP contribution in [0, 0.1) is 13.8 Å². The Morgan fingerprint density at radius 3 is 2.30 bits per heavy atom. The molecule has 168 valence electrons. The SMILES string of the molecule is CCF.CF.Cc1ccccc1-c1cnc(C)c(NC2CCN(C)CC2)c1.NC=O. The Morgan fingerprint density at radius 1 is 1.23 bits per heavy atom. The number of nitrogens with zero attached hydrogens (tertiary/aromatic N) is 2. The van der Waals surface area contributed by atoms with E-state index in [1.807, 2.05) is 6.20 Å². The quantitative estimate of drug-likeness (QED) is 0.713. The predicted molar refractivity (Wildman–Crippen MR) is 122 cm³/mol. The maximum Gasteiger partial charge on any atom is 0.204 e. The van der Waals surface area contributed by atoms with Crippen LogP contribution >= 0.6 is 0 Å². The van der Waals surface area contributed by atoms with Gasteiger partial charge < -0.3 is 16.0 Å². The van der Waals surface area contributed by atoms with Crippen LogP contribution in [0.4, 0.5) is 14.5 Å². The number of alkyl halides is 2. The smallest absolute Gasteiger partial charge is 0.204 e. The first kappa shape index (κ1) is 27.5. The number of nitrogens with two attached hydrogens (primary N) is 1. The summed E-state index contributed by atoms with van der Waals surface area (Å²) in [4.78, 5) is 15.6. The van der Waals surface area contributed by atoms with E-state index in [2.05, 4.69) is 72.2 Å². The molecular formula is C23H36F2N4O. The van der Waals surface area contributed by atoms with Crippen LogP contribution in [0.25, 0.3) is 11.1 Å². The van der Waals surface area contributed by atoms with Gasteiger partial charge in [0.2, 0.25) is 6.41 Å². The van der Waals surface area contributed by atoms with Crippen molar-refractivity contribution in [3.05, 3.63) is 47.8 Å². The van der Waals surface area contributed by atoms with Crippen molar-refractivity contribution in [1.29, 1.82) is 0 Å². The van der Waals surface area contributed by atoms with Gasteiger partial charge in [0.15, 0.2) is 0 Å². The first-order chi connectivity index (χ1) is 14.5. The number of halogens is 2. The topological polar surface area (TPSA) is 71.2 Å². The average Bonchev–Trinajstić information content (AvgIpc) is 2.74. The van der Waals surface area contributed by atoms with Gasteiger partial charge in [0, 0.05) is 17.8 Å². The van der Waals surface area contributed by atoms with Gasteiger partial charge in [0.05, 0.1) is 25.2 Å². The average molecular weight is 423 g/mol. The van der Waals surface area contributed by atoms with Gasteiger partial charge in [-0.1, -0.05) is 24.3 Å². The molecule has 3 N–H and O–H groups in total. The van der Waals surface area contributed by atoms with Crippen LogP contribution in [0.5, 0.6) is 0 Å². The second-order valence-corrected chi connectivity index (χ2v) is 6.80. The van der Waals surface area contributed by atoms with Gasteiger partial charge in [0.25, 0.3) is 0 Å². The number of aromatic nitrogens is 1. The van der Waals surface area contributed by atoms with Gasteiger partial charge in [-0.05, 0) is 70.9 Å². The van der Waals surface area contributed by atoms with Crippen molar-refractivity contribution in [2.24, 2.45) is 5.73 Å². The zero-order valence-electron chi connectivity index (χ0n) is 18.8. The zero-order valence-corrected chi connectivity index (χ0v) is 18.8. The number of hydrogen-bond donors (Lipinski definition) is 2. The van der Waals surface area contributed by atoms with E-state index in [0.29, 0.717) is 13.2 Å². The van der Waals surface area contributed by atoms with E-state index >= 15 is 0 Å². The molecule has 1 aliphatic rings. The van der Waals surface area contributed by atoms with Crippen molar-refractivity contribution in [2.45, 2.75) is 39.7 Å². The molecule has 2 aromatic rings. The lowest BCUT2D eigenvalue weighted by Gasteiger charge is -2.30. The number of rotatable bonds is 3. The third-order valence-corrected chi connectivity index (χ3v) is 4.62. The number of benzene rings is 1. The second-order valence-electron chi connectivity index (χ2n) is 6.80. The summed E-state index contributed by atoms with van der Waals surface area (Å²) < 4.78 is 19.8. The molecule has 2 heterocycles. The number of aryl methyl sites for hydroxylation is 2. The van der Waals surface area contributed by atoms with Gasteiger partial charge in [0.1, 0.15) is 0 Å². The number of likely N-dealkylation sites (tertiary alicyclic amines) is 1. The highest BCUT2D eigenvalue weighted by atomic mass is 19.1. The van der Waals surface area contributed by atoms with Gasteiger partial charge in [-0.2, -0.15) is 0 Å². The number of piperidine rings is 1. The molecule has 5 nitrogen and oxygen atoms in total. The third-order valence-electron chi connectivity index (χ3n) is 4.62. The van der Waals surface area contributed by atoms with Crippen LogP contribution in [-0.4, -0.2) is 56.3 Å². The molecule has 0 atom stereocenters. The van der Waals surface area contributed by atoms with Crippen molar-refractivity contribution >= 4 is 12.1 Å². The zero-order chi connectivity index (χ0) is 22.9. The highest BCUT2D eigenvalue weighted by Gasteiger charge is 2.17. The largest absolute Gasteiger partial charge is 0.381 e. The first-order valence-electron chi connectivity index (χ1n) is 10.0. The van der Waals surface area contributed by atoms with E-state index in [1.165, 1.54) is 55.2 Å². The summed E-state index contributed by atoms with van der Waals surface area (Å²) in [6.07, 6.45) is 4.63. The molecule has 0 radical (unpaired) electrons. The van der Waals surface area contributed by atoms with Gasteiger partial charge in [-0.15, -0.1) is 0 Å². The number of anilines is 1. The highest BCUT2D eigenvalue weighted by Crippen LogP contribution is 2.27. The van der Waals surface area contributed by atoms with E-state index in [4.69, 9.17) is 4.79 Å². The number of carbonyl (C=O) groups is 1. The van der Waals surface area contributed by atoms with Crippen LogP contribution < -0.4 is 11.1 Å². The van der Waals surface area contributed by atoms with Crippen molar-refractivity contribution < 1.29 is 13.6 Å². The Morgan fingerprint density at radius 2 is 1.77 bits per heavy atom. The molecule has 0 bridgehead atoms. The Hall–Kier alpha value is -2.54. The molecule has 7 heteroatoms. The van der Waals surface area contributed by atoms with E-state index in [-0.39, 0.29) is 13.1 Å². The Labute approximate surface area is 179 Å². The number of pyridine rings is 1. The van der Waals surface area contributed by atoms with E-state index < -0.39 is 0 Å². The molecular weight excluding hydrogens is 386 g/mol. The van der Waals surface area contributed by atoms with Crippen LogP contribution in [0.3, 0.4) is 0 Å². The van der Waals surface area contributed by atoms with Crippen LogP contribution in [0.2, 0.25) is 0 Å². The number of carbonyl (C=O) groups excluding carboxylic acids is 1. The molecule has 1 amide bonds. The van der Waals surface area contributed by atoms with Crippen LogP contribution in [0.15, 0.2) is 36.5 Å². The summed E-state index contributed by atoms with van der Waals surface area (Å²) in [5.74, 6) is 0. The summed E-state index contributed by atoms with van der Waals surface area (Å²) in [6, 6.07) is 11.3. The number of nitrogens with one attached hydrogen (secondary N) is 1. The second kappa shape index (κ2) is 16.3. The minimum absolute atomic E-state index is 0.250. The van der Waals surface area contributed by atoms with Gasteiger partial charge in [-0.25, -0.2) is 0 Å². The van der Waals surface area contributed by atoms with E-state index in [0.717, 1.165) is 5.69 Å². The first-order valence-corrected chi connectivity index (χ1v) is 10.0. The van der Waals surface area contributed by atoms with Crippen LogP contribution in [-0.2, 0) is 4.79 Å². The molecule has 1 aromatic carbocycles. The Balaban J connectivity index is 0.000000923. The third kappa shape index (κ3) is 9.78. The molecule has 30 heavy (non-hydrogen) atoms. The van der Waals surface area contributed by atoms with Crippen molar-refractivity contribution in [2.75, 3.05) is 39.3 Å². The molecule has 1 fully saturated rings. The highest BCUT2D eigenvalue weighted by molar-refractivity contribution is 5.70. The molecule has 0 unspecified atom stereocenters. The van der Waals surface area contributed by atoms with Crippen molar-refractivity contribution in [3.63, 3.8) is 0 Å². The van der Waals surface area contributed by atoms with E-state index in [9.17, 15) is 8.78 Å². The minimum atomic E-state index is -0.250. The summed E-state index contributed by atoms with van der Waals surface area (Å²) in [7, 11) is 2.70. The predicted octanol–water partition coefficient (Wildman–Crippen LogP) is 4.53. The van der Waals surface area contributed by atoms with Crippen molar-refractivity contribution in [1.82, 2.24) is 9.88 Å². The molecule has 0 aliphatic carbocycles. The summed E-state index contributed by atoms with van der Waals surface area (Å²) >= 11 is 0. The Bertz CT molecular complexity index is 720. The molecule has 1 aromatic heterocycles. The molecule has 0 spiro atoms. The number of amides is 1. The summed E-state index contributed by atoms with van der Waals surface area (Å²) in [5.41, 5.74) is 10.2. The lowest BCUT2D eigenvalue weighted by Crippen LogP contribution is -2.36. The Kier molecular flexibility index (Phi) is 14.9. The number of hydrogen-bond acceptors (Lipinski definition) is 4. The summed E-state index contributed by atoms with van der Waals surface area (Å²) in [6.45, 7) is 7.78. The van der Waals surface area contributed by atoms with Gasteiger partial charge in [-0.3, -0.25) is 18.6 Å². The molecule has 3 rings (SSSR count). The number of primary amides is 1. The fraction of sp³-hybridized carbons (Fsp3) is 0.478.